The zero-order valence-electron chi connectivity index (χ0n) is 15.3. The van der Waals surface area contributed by atoms with E-state index in [9.17, 15) is 9.59 Å². The van der Waals surface area contributed by atoms with Crippen LogP contribution < -0.4 is 0 Å². The highest BCUT2D eigenvalue weighted by molar-refractivity contribution is 9.10. The molecule has 0 bridgehead atoms. The first-order valence-corrected chi connectivity index (χ1v) is 10.9. The van der Waals surface area contributed by atoms with Gasteiger partial charge in [0.15, 0.2) is 0 Å². The number of ketones is 2. The van der Waals surface area contributed by atoms with E-state index in [-0.39, 0.29) is 10.2 Å². The van der Waals surface area contributed by atoms with E-state index in [1.54, 1.807) is 0 Å². The molecule has 4 aliphatic carbocycles. The van der Waals surface area contributed by atoms with Crippen molar-refractivity contribution in [3.8, 4) is 0 Å². The number of hydrogen-bond acceptors (Lipinski definition) is 2. The quantitative estimate of drug-likeness (QED) is 0.574. The van der Waals surface area contributed by atoms with E-state index < -0.39 is 0 Å². The van der Waals surface area contributed by atoms with Crippen molar-refractivity contribution in [2.75, 3.05) is 0 Å². The molecule has 134 valence electrons. The van der Waals surface area contributed by atoms with Gasteiger partial charge in [0.25, 0.3) is 0 Å². The summed E-state index contributed by atoms with van der Waals surface area (Å²) < 4.78 is 0. The largest absolute Gasteiger partial charge is 0.300 e. The minimum absolute atomic E-state index is 0.0688. The number of carbonyl (C=O) groups excluding carboxylic acids is 2. The van der Waals surface area contributed by atoms with Gasteiger partial charge in [-0.3, -0.25) is 9.59 Å². The molecule has 4 rings (SSSR count). The Morgan fingerprint density at radius 1 is 1.04 bits per heavy atom. The molecule has 0 unspecified atom stereocenters. The van der Waals surface area contributed by atoms with Gasteiger partial charge in [-0.25, -0.2) is 0 Å². The van der Waals surface area contributed by atoms with E-state index in [1.165, 1.54) is 32.1 Å². The summed E-state index contributed by atoms with van der Waals surface area (Å²) in [7, 11) is 0. The maximum atomic E-state index is 12.2. The molecular formula is C21H31BrO2. The Balaban J connectivity index is 1.64. The van der Waals surface area contributed by atoms with Crippen LogP contribution in [0.25, 0.3) is 0 Å². The molecule has 0 aromatic carbocycles. The summed E-state index contributed by atoms with van der Waals surface area (Å²) in [5.74, 6) is 4.00. The standard InChI is InChI=1S/C21H31BrO2/c1-12(23)15-6-7-16-14-5-4-13-10-19(24)18(22)11-21(13,3)17(14)8-9-20(15,16)2/h13-18H,4-11H2,1-3H3/t13-,14-,15+,16-,17-,18+,20+,21-/m0/s1. The number of carbonyl (C=O) groups is 2. The Hall–Kier alpha value is -0.180. The van der Waals surface area contributed by atoms with Crippen molar-refractivity contribution in [1.29, 1.82) is 0 Å². The van der Waals surface area contributed by atoms with E-state index in [0.29, 0.717) is 28.8 Å². The number of rotatable bonds is 1. The van der Waals surface area contributed by atoms with Crippen LogP contribution in [-0.2, 0) is 9.59 Å². The smallest absolute Gasteiger partial charge is 0.146 e. The normalized spacial score (nSPS) is 53.9. The molecule has 0 amide bonds. The van der Waals surface area contributed by atoms with Crippen LogP contribution >= 0.6 is 15.9 Å². The number of fused-ring (bicyclic) bond motifs is 5. The summed E-state index contributed by atoms with van der Waals surface area (Å²) in [6.07, 6.45) is 9.16. The zero-order valence-corrected chi connectivity index (χ0v) is 16.9. The highest BCUT2D eigenvalue weighted by atomic mass is 79.9. The van der Waals surface area contributed by atoms with Crippen LogP contribution in [0.15, 0.2) is 0 Å². The molecule has 4 fully saturated rings. The zero-order chi connectivity index (χ0) is 17.3. The molecule has 2 nitrogen and oxygen atoms in total. The van der Waals surface area contributed by atoms with E-state index in [1.807, 2.05) is 6.92 Å². The van der Waals surface area contributed by atoms with Crippen molar-refractivity contribution in [2.24, 2.45) is 40.4 Å². The first-order chi connectivity index (χ1) is 11.3. The van der Waals surface area contributed by atoms with Crippen LogP contribution in [0.1, 0.15) is 72.1 Å². The number of alkyl halides is 1. The lowest BCUT2D eigenvalue weighted by Crippen LogP contribution is -2.55. The third-order valence-corrected chi connectivity index (χ3v) is 9.81. The lowest BCUT2D eigenvalue weighted by atomic mass is 9.44. The Morgan fingerprint density at radius 2 is 1.75 bits per heavy atom. The minimum Gasteiger partial charge on any atom is -0.300 e. The van der Waals surface area contributed by atoms with Gasteiger partial charge in [-0.1, -0.05) is 29.8 Å². The van der Waals surface area contributed by atoms with Gasteiger partial charge in [0.05, 0.1) is 4.83 Å². The molecule has 4 aliphatic rings. The molecule has 4 saturated carbocycles. The van der Waals surface area contributed by atoms with Crippen molar-refractivity contribution >= 4 is 27.5 Å². The van der Waals surface area contributed by atoms with E-state index >= 15 is 0 Å². The third kappa shape index (κ3) is 2.25. The monoisotopic (exact) mass is 394 g/mol. The fraction of sp³-hybridized carbons (Fsp3) is 0.905. The Morgan fingerprint density at radius 3 is 2.46 bits per heavy atom. The maximum absolute atomic E-state index is 12.2. The summed E-state index contributed by atoms with van der Waals surface area (Å²) in [5, 5.41) is 0. The molecular weight excluding hydrogens is 364 g/mol. The summed E-state index contributed by atoms with van der Waals surface area (Å²) >= 11 is 3.67. The van der Waals surface area contributed by atoms with Gasteiger partial charge in [-0.05, 0) is 86.4 Å². The summed E-state index contributed by atoms with van der Waals surface area (Å²) in [6, 6.07) is 0. The second kappa shape index (κ2) is 5.66. The molecule has 0 N–H and O–H groups in total. The number of hydrogen-bond donors (Lipinski definition) is 0. The van der Waals surface area contributed by atoms with E-state index in [2.05, 4.69) is 29.8 Å². The van der Waals surface area contributed by atoms with Crippen LogP contribution in [0.5, 0.6) is 0 Å². The van der Waals surface area contributed by atoms with Crippen molar-refractivity contribution in [3.63, 3.8) is 0 Å². The van der Waals surface area contributed by atoms with Crippen LogP contribution in [0.2, 0.25) is 0 Å². The maximum Gasteiger partial charge on any atom is 0.146 e. The summed E-state index contributed by atoms with van der Waals surface area (Å²) in [4.78, 5) is 24.5. The van der Waals surface area contributed by atoms with E-state index in [0.717, 1.165) is 37.0 Å². The van der Waals surface area contributed by atoms with Gasteiger partial charge in [0.2, 0.25) is 0 Å². The second-order valence-corrected chi connectivity index (χ2v) is 10.9. The first-order valence-electron chi connectivity index (χ1n) is 9.94. The minimum atomic E-state index is 0.0688. The third-order valence-electron chi connectivity index (χ3n) is 8.97. The van der Waals surface area contributed by atoms with Crippen LogP contribution in [0, 0.1) is 40.4 Å². The molecule has 0 heterocycles. The van der Waals surface area contributed by atoms with Gasteiger partial charge in [-0.2, -0.15) is 0 Å². The average Bonchev–Trinajstić information content (AvgIpc) is 2.86. The van der Waals surface area contributed by atoms with E-state index in [4.69, 9.17) is 0 Å². The van der Waals surface area contributed by atoms with Gasteiger partial charge in [0.1, 0.15) is 11.6 Å². The topological polar surface area (TPSA) is 34.1 Å². The Bertz CT molecular complexity index is 572. The van der Waals surface area contributed by atoms with Crippen molar-refractivity contribution < 1.29 is 9.59 Å². The van der Waals surface area contributed by atoms with Gasteiger partial charge in [-0.15, -0.1) is 0 Å². The van der Waals surface area contributed by atoms with Crippen LogP contribution in [0.3, 0.4) is 0 Å². The SMILES string of the molecule is CC(=O)[C@H]1CC[C@H]2[C@@H]3CC[C@H]4CC(=O)[C@H](Br)C[C@]4(C)[C@H]3CC[C@]12C. The lowest BCUT2D eigenvalue weighted by molar-refractivity contribution is -0.142. The number of halogens is 1. The molecule has 0 radical (unpaired) electrons. The highest BCUT2D eigenvalue weighted by Crippen LogP contribution is 2.67. The van der Waals surface area contributed by atoms with Gasteiger partial charge >= 0.3 is 0 Å². The predicted octanol–water partition coefficient (Wildman–Crippen LogP) is 5.18. The Labute approximate surface area is 154 Å². The molecule has 0 aromatic heterocycles. The highest BCUT2D eigenvalue weighted by Gasteiger charge is 2.61. The molecule has 3 heteroatoms. The van der Waals surface area contributed by atoms with Crippen LogP contribution in [0.4, 0.5) is 0 Å². The number of Topliss-reactive ketones (excluding diaryl/α,β-unsaturated/α-hetero) is 2. The molecule has 0 saturated heterocycles. The second-order valence-electron chi connectivity index (χ2n) is 9.78. The predicted molar refractivity (Wildman–Crippen MR) is 99.0 cm³/mol. The average molecular weight is 395 g/mol. The molecule has 24 heavy (non-hydrogen) atoms. The molecule has 0 aliphatic heterocycles. The molecule has 0 spiro atoms. The lowest BCUT2D eigenvalue weighted by Gasteiger charge is -2.60. The fourth-order valence-corrected chi connectivity index (χ4v) is 8.61. The van der Waals surface area contributed by atoms with Crippen molar-refractivity contribution in [1.82, 2.24) is 0 Å². The van der Waals surface area contributed by atoms with Gasteiger partial charge < -0.3 is 0 Å². The summed E-state index contributed by atoms with van der Waals surface area (Å²) in [6.45, 7) is 6.71. The molecule has 8 atom stereocenters. The van der Waals surface area contributed by atoms with Crippen LogP contribution in [-0.4, -0.2) is 16.4 Å². The van der Waals surface area contributed by atoms with Crippen molar-refractivity contribution in [3.05, 3.63) is 0 Å². The molecule has 0 aromatic rings. The fourth-order valence-electron chi connectivity index (χ4n) is 7.73. The first kappa shape index (κ1) is 17.2. The summed E-state index contributed by atoms with van der Waals surface area (Å²) in [5.41, 5.74) is 0.565. The van der Waals surface area contributed by atoms with Crippen molar-refractivity contribution in [2.45, 2.75) is 77.0 Å². The van der Waals surface area contributed by atoms with Gasteiger partial charge in [0, 0.05) is 12.3 Å². The Kier molecular flexibility index (Phi) is 4.07.